The van der Waals surface area contributed by atoms with Crippen LogP contribution in [0.2, 0.25) is 0 Å². The average Bonchev–Trinajstić information content (AvgIpc) is 3.19. The number of rotatable bonds is 2. The van der Waals surface area contributed by atoms with Crippen molar-refractivity contribution < 1.29 is 0 Å². The third-order valence-corrected chi connectivity index (χ3v) is 5.99. The minimum atomic E-state index is 0.968. The minimum Gasteiger partial charge on any atom is -0.291 e. The van der Waals surface area contributed by atoms with E-state index in [1.54, 1.807) is 0 Å². The van der Waals surface area contributed by atoms with Gasteiger partial charge in [-0.3, -0.25) is 4.57 Å². The van der Waals surface area contributed by atoms with Gasteiger partial charge in [0.1, 0.15) is 13.7 Å². The molecule has 0 unspecified atom stereocenters. The summed E-state index contributed by atoms with van der Waals surface area (Å²) < 4.78 is 2.34. The molecule has 2 nitrogen and oxygen atoms in total. The Morgan fingerprint density at radius 3 is 1.77 bits per heavy atom. The van der Waals surface area contributed by atoms with Gasteiger partial charge in [0.05, 0.1) is 16.7 Å². The first-order chi connectivity index (χ1) is 14.8. The second-order valence-electron chi connectivity index (χ2n) is 7.69. The summed E-state index contributed by atoms with van der Waals surface area (Å²) in [5, 5.41) is 5.05. The molecule has 0 saturated heterocycles. The van der Waals surface area contributed by atoms with Crippen molar-refractivity contribution in [2.45, 2.75) is 0 Å². The van der Waals surface area contributed by atoms with Gasteiger partial charge in [-0.05, 0) is 22.9 Å². The van der Waals surface area contributed by atoms with Gasteiger partial charge in [-0.2, -0.15) is 0 Å². The second kappa shape index (κ2) is 6.60. The first kappa shape index (κ1) is 17.1. The third kappa shape index (κ3) is 2.42. The van der Waals surface area contributed by atoms with Gasteiger partial charge in [0, 0.05) is 16.3 Å². The van der Waals surface area contributed by atoms with Crippen LogP contribution < -0.4 is 5.46 Å². The van der Waals surface area contributed by atoms with Crippen LogP contribution in [0.3, 0.4) is 0 Å². The Kier molecular flexibility index (Phi) is 3.75. The third-order valence-electron chi connectivity index (χ3n) is 5.99. The molecule has 140 valence electrons. The van der Waals surface area contributed by atoms with Crippen molar-refractivity contribution in [2.75, 3.05) is 0 Å². The van der Waals surface area contributed by atoms with Crippen molar-refractivity contribution in [1.82, 2.24) is 9.55 Å². The Balaban J connectivity index is 1.87. The molecule has 0 saturated carbocycles. The number of aromatic nitrogens is 2. The summed E-state index contributed by atoms with van der Waals surface area (Å²) in [4.78, 5) is 5.06. The lowest BCUT2D eigenvalue weighted by molar-refractivity contribution is 1.13. The molecule has 1 heterocycles. The number of imidazole rings is 1. The zero-order valence-electron chi connectivity index (χ0n) is 16.7. The van der Waals surface area contributed by atoms with Crippen LogP contribution in [0.1, 0.15) is 0 Å². The smallest absolute Gasteiger partial charge is 0.145 e. The van der Waals surface area contributed by atoms with E-state index in [2.05, 4.69) is 109 Å². The maximum Gasteiger partial charge on any atom is 0.145 e. The van der Waals surface area contributed by atoms with Gasteiger partial charge in [-0.15, -0.1) is 0 Å². The summed E-state index contributed by atoms with van der Waals surface area (Å²) in [6, 6.07) is 36.3. The van der Waals surface area contributed by atoms with E-state index in [1.165, 1.54) is 32.7 Å². The van der Waals surface area contributed by atoms with E-state index in [0.29, 0.717) is 0 Å². The Morgan fingerprint density at radius 1 is 0.567 bits per heavy atom. The molecular weight excluding hydrogens is 363 g/mol. The van der Waals surface area contributed by atoms with Gasteiger partial charge in [-0.25, -0.2) is 4.98 Å². The second-order valence-corrected chi connectivity index (χ2v) is 7.69. The van der Waals surface area contributed by atoms with Gasteiger partial charge in [0.15, 0.2) is 0 Å². The number of benzene rings is 5. The zero-order chi connectivity index (χ0) is 20.1. The zero-order valence-corrected chi connectivity index (χ0v) is 16.7. The highest BCUT2D eigenvalue weighted by molar-refractivity contribution is 6.46. The lowest BCUT2D eigenvalue weighted by atomic mass is 9.84. The monoisotopic (exact) mass is 382 g/mol. The van der Waals surface area contributed by atoms with Crippen LogP contribution in [0, 0.1) is 0 Å². The molecule has 0 spiro atoms. The van der Waals surface area contributed by atoms with Crippen molar-refractivity contribution in [3.05, 3.63) is 103 Å². The van der Waals surface area contributed by atoms with E-state index in [9.17, 15) is 0 Å². The van der Waals surface area contributed by atoms with E-state index in [1.807, 2.05) is 6.07 Å². The fourth-order valence-electron chi connectivity index (χ4n) is 4.60. The normalized spacial score (nSPS) is 11.5. The van der Waals surface area contributed by atoms with Crippen molar-refractivity contribution in [2.24, 2.45) is 0 Å². The summed E-state index contributed by atoms with van der Waals surface area (Å²) >= 11 is 0. The molecule has 0 aliphatic carbocycles. The van der Waals surface area contributed by atoms with Crippen LogP contribution in [0.4, 0.5) is 0 Å². The highest BCUT2D eigenvalue weighted by atomic mass is 15.1. The van der Waals surface area contributed by atoms with Crippen LogP contribution in [0.15, 0.2) is 103 Å². The molecule has 0 N–H and O–H groups in total. The number of hydrogen-bond acceptors (Lipinski definition) is 1. The number of fused-ring (bicyclic) bond motifs is 3. The van der Waals surface area contributed by atoms with Crippen LogP contribution in [-0.2, 0) is 0 Å². The average molecular weight is 382 g/mol. The summed E-state index contributed by atoms with van der Waals surface area (Å²) in [7, 11) is 2.22. The minimum absolute atomic E-state index is 0.968. The molecule has 0 aliphatic heterocycles. The standard InChI is InChI=1S/C27H19BN2/c28-25-19-12-4-6-14-21(19)26(22-15-7-5-13-20(22)25)30-24-17-9-8-16-23(24)29-27(30)18-10-2-1-3-11-18/h1-17H,28H2. The molecule has 0 radical (unpaired) electrons. The SMILES string of the molecule is Bc1c2ccccc2c(-n2c(-c3ccccc3)nc3ccccc32)c2ccccc12. The van der Waals surface area contributed by atoms with Crippen molar-refractivity contribution in [1.29, 1.82) is 0 Å². The Bertz CT molecular complexity index is 1490. The molecule has 0 bridgehead atoms. The molecule has 6 aromatic rings. The summed E-state index contributed by atoms with van der Waals surface area (Å²) in [6.07, 6.45) is 0. The van der Waals surface area contributed by atoms with Gasteiger partial charge < -0.3 is 0 Å². The summed E-state index contributed by atoms with van der Waals surface area (Å²) in [5.41, 5.74) is 5.75. The number of hydrogen-bond donors (Lipinski definition) is 0. The quantitative estimate of drug-likeness (QED) is 0.295. The molecule has 0 fully saturated rings. The van der Waals surface area contributed by atoms with Crippen LogP contribution in [0.25, 0.3) is 49.7 Å². The van der Waals surface area contributed by atoms with Gasteiger partial charge in [-0.1, -0.05) is 96.5 Å². The van der Waals surface area contributed by atoms with Crippen LogP contribution in [0.5, 0.6) is 0 Å². The number of nitrogens with zero attached hydrogens (tertiary/aromatic N) is 2. The predicted molar refractivity (Wildman–Crippen MR) is 130 cm³/mol. The van der Waals surface area contributed by atoms with Crippen molar-refractivity contribution in [3.63, 3.8) is 0 Å². The first-order valence-electron chi connectivity index (χ1n) is 10.3. The van der Waals surface area contributed by atoms with Gasteiger partial charge in [0.2, 0.25) is 0 Å². The highest BCUT2D eigenvalue weighted by Gasteiger charge is 2.19. The van der Waals surface area contributed by atoms with Gasteiger partial charge >= 0.3 is 0 Å². The van der Waals surface area contributed by atoms with E-state index < -0.39 is 0 Å². The fourth-order valence-corrected chi connectivity index (χ4v) is 4.60. The van der Waals surface area contributed by atoms with Crippen molar-refractivity contribution >= 4 is 45.9 Å². The molecule has 0 atom stereocenters. The van der Waals surface area contributed by atoms with E-state index >= 15 is 0 Å². The maximum absolute atomic E-state index is 5.06. The highest BCUT2D eigenvalue weighted by Crippen LogP contribution is 2.36. The molecule has 30 heavy (non-hydrogen) atoms. The van der Waals surface area contributed by atoms with E-state index in [0.717, 1.165) is 22.4 Å². The summed E-state index contributed by atoms with van der Waals surface area (Å²) in [6.45, 7) is 0. The van der Waals surface area contributed by atoms with Crippen LogP contribution >= 0.6 is 0 Å². The number of para-hydroxylation sites is 2. The largest absolute Gasteiger partial charge is 0.291 e. The molecule has 6 rings (SSSR count). The Hall–Kier alpha value is -3.85. The molecule has 1 aromatic heterocycles. The maximum atomic E-state index is 5.06. The molecule has 5 aromatic carbocycles. The van der Waals surface area contributed by atoms with E-state index in [4.69, 9.17) is 4.98 Å². The van der Waals surface area contributed by atoms with Crippen LogP contribution in [-0.4, -0.2) is 17.4 Å². The summed E-state index contributed by atoms with van der Waals surface area (Å²) in [5.74, 6) is 0.968. The molecule has 0 aliphatic rings. The predicted octanol–water partition coefficient (Wildman–Crippen LogP) is 5.26. The van der Waals surface area contributed by atoms with Crippen molar-refractivity contribution in [3.8, 4) is 17.1 Å². The lowest BCUT2D eigenvalue weighted by Gasteiger charge is -2.18. The molecule has 0 amide bonds. The molecule has 3 heteroatoms. The fraction of sp³-hybridized carbons (Fsp3) is 0. The first-order valence-corrected chi connectivity index (χ1v) is 10.3. The van der Waals surface area contributed by atoms with Gasteiger partial charge in [0.25, 0.3) is 0 Å². The lowest BCUT2D eigenvalue weighted by Crippen LogP contribution is -2.10. The molecular formula is C27H19BN2. The van der Waals surface area contributed by atoms with E-state index in [-0.39, 0.29) is 0 Å². The Labute approximate surface area is 175 Å². The topological polar surface area (TPSA) is 17.8 Å². The Morgan fingerprint density at radius 2 is 1.10 bits per heavy atom.